The van der Waals surface area contributed by atoms with Crippen molar-refractivity contribution in [2.24, 2.45) is 11.8 Å². The summed E-state index contributed by atoms with van der Waals surface area (Å²) in [5.41, 5.74) is 0. The lowest BCUT2D eigenvalue weighted by Gasteiger charge is -2.57. The SMILES string of the molecule is C1CCC2SC3CCC4C(CCC5OC6CCCCC6SC54)C3NC2C1. The van der Waals surface area contributed by atoms with Crippen molar-refractivity contribution in [3.05, 3.63) is 0 Å². The second kappa shape index (κ2) is 7.15. The zero-order valence-electron chi connectivity index (χ0n) is 16.0. The Hall–Kier alpha value is 0.620. The zero-order valence-corrected chi connectivity index (χ0v) is 17.6. The number of rotatable bonds is 0. The summed E-state index contributed by atoms with van der Waals surface area (Å²) in [6.07, 6.45) is 18.3. The van der Waals surface area contributed by atoms with Gasteiger partial charge in [0.05, 0.1) is 12.2 Å². The van der Waals surface area contributed by atoms with E-state index in [4.69, 9.17) is 4.74 Å². The van der Waals surface area contributed by atoms with E-state index < -0.39 is 0 Å². The molecule has 0 aromatic rings. The first-order valence-corrected chi connectivity index (χ1v) is 13.5. The molecular weight excluding hydrogens is 358 g/mol. The maximum absolute atomic E-state index is 6.72. The van der Waals surface area contributed by atoms with Gasteiger partial charge in [0.25, 0.3) is 0 Å². The van der Waals surface area contributed by atoms with Gasteiger partial charge in [-0.2, -0.15) is 11.8 Å². The third-order valence-electron chi connectivity index (χ3n) is 8.55. The van der Waals surface area contributed by atoms with Crippen molar-refractivity contribution in [1.29, 1.82) is 0 Å². The van der Waals surface area contributed by atoms with Gasteiger partial charge in [-0.25, -0.2) is 0 Å². The standard InChI is InChI=1S/C22H35NOS2/c1-3-7-18-15(5-1)23-21-13-9-11-17-22(14(13)10-12-20(21)25-18)26-19-8-4-2-6-16(19)24-17/h13-23H,1-12H2. The highest BCUT2D eigenvalue weighted by Crippen LogP contribution is 2.55. The summed E-state index contributed by atoms with van der Waals surface area (Å²) in [7, 11) is 0. The van der Waals surface area contributed by atoms with E-state index in [0.717, 1.165) is 44.9 Å². The zero-order chi connectivity index (χ0) is 17.1. The van der Waals surface area contributed by atoms with E-state index in [2.05, 4.69) is 28.8 Å². The normalized spacial score (nSPS) is 56.3. The summed E-state index contributed by atoms with van der Waals surface area (Å²) in [5, 5.41) is 7.70. The summed E-state index contributed by atoms with van der Waals surface area (Å²) in [4.78, 5) is 0. The molecule has 2 saturated heterocycles. The van der Waals surface area contributed by atoms with Crippen molar-refractivity contribution >= 4 is 23.5 Å². The Morgan fingerprint density at radius 2 is 1.42 bits per heavy atom. The first kappa shape index (κ1) is 17.5. The van der Waals surface area contributed by atoms with Gasteiger partial charge in [-0.1, -0.05) is 25.7 Å². The Bertz CT molecular complexity index is 484. The molecule has 2 nitrogen and oxygen atoms in total. The molecule has 0 aromatic carbocycles. The molecule has 4 saturated carbocycles. The Balaban J connectivity index is 1.20. The Morgan fingerprint density at radius 3 is 2.38 bits per heavy atom. The highest BCUT2D eigenvalue weighted by molar-refractivity contribution is 8.01. The maximum atomic E-state index is 6.72. The molecule has 4 aliphatic carbocycles. The molecule has 2 aliphatic heterocycles. The molecule has 0 aromatic heterocycles. The van der Waals surface area contributed by atoms with Gasteiger partial charge in [-0.3, -0.25) is 0 Å². The Kier molecular flexibility index (Phi) is 4.80. The molecule has 146 valence electrons. The summed E-state index contributed by atoms with van der Waals surface area (Å²) in [6.45, 7) is 0. The van der Waals surface area contributed by atoms with Crippen LogP contribution in [0, 0.1) is 11.8 Å². The quantitative estimate of drug-likeness (QED) is 0.625. The van der Waals surface area contributed by atoms with E-state index in [0.29, 0.717) is 12.2 Å². The molecule has 6 fully saturated rings. The van der Waals surface area contributed by atoms with Crippen molar-refractivity contribution in [2.75, 3.05) is 0 Å². The van der Waals surface area contributed by atoms with E-state index in [9.17, 15) is 0 Å². The van der Waals surface area contributed by atoms with E-state index in [1.807, 2.05) is 0 Å². The first-order chi connectivity index (χ1) is 12.9. The topological polar surface area (TPSA) is 21.3 Å². The van der Waals surface area contributed by atoms with Crippen molar-refractivity contribution in [1.82, 2.24) is 5.32 Å². The van der Waals surface area contributed by atoms with E-state index in [1.165, 1.54) is 77.0 Å². The van der Waals surface area contributed by atoms with Crippen LogP contribution < -0.4 is 5.32 Å². The second-order valence-electron chi connectivity index (χ2n) is 9.92. The van der Waals surface area contributed by atoms with Crippen LogP contribution in [0.25, 0.3) is 0 Å². The second-order valence-corrected chi connectivity index (χ2v) is 12.8. The van der Waals surface area contributed by atoms with Crippen molar-refractivity contribution in [2.45, 2.75) is 122 Å². The van der Waals surface area contributed by atoms with Gasteiger partial charge in [0.1, 0.15) is 0 Å². The first-order valence-electron chi connectivity index (χ1n) is 11.6. The molecule has 10 atom stereocenters. The molecule has 6 aliphatic rings. The number of nitrogens with one attached hydrogen (secondary N) is 1. The predicted octanol–water partition coefficient (Wildman–Crippen LogP) is 5.00. The van der Waals surface area contributed by atoms with Crippen LogP contribution >= 0.6 is 23.5 Å². The molecule has 0 amide bonds. The number of fused-ring (bicyclic) bond motifs is 7. The summed E-state index contributed by atoms with van der Waals surface area (Å²) >= 11 is 4.79. The van der Waals surface area contributed by atoms with Crippen molar-refractivity contribution in [3.63, 3.8) is 0 Å². The van der Waals surface area contributed by atoms with Crippen LogP contribution in [0.3, 0.4) is 0 Å². The van der Waals surface area contributed by atoms with Crippen LogP contribution in [-0.4, -0.2) is 45.3 Å². The van der Waals surface area contributed by atoms with E-state index >= 15 is 0 Å². The fourth-order valence-electron chi connectivity index (χ4n) is 7.33. The van der Waals surface area contributed by atoms with Crippen LogP contribution in [-0.2, 0) is 4.74 Å². The van der Waals surface area contributed by atoms with Gasteiger partial charge in [-0.05, 0) is 63.2 Å². The molecular formula is C22H35NOS2. The van der Waals surface area contributed by atoms with Crippen molar-refractivity contribution < 1.29 is 4.74 Å². The van der Waals surface area contributed by atoms with Gasteiger partial charge in [0.15, 0.2) is 0 Å². The Labute approximate surface area is 167 Å². The summed E-state index contributed by atoms with van der Waals surface area (Å²) in [6, 6.07) is 1.63. The van der Waals surface area contributed by atoms with Gasteiger partial charge in [0.2, 0.25) is 0 Å². The lowest BCUT2D eigenvalue weighted by molar-refractivity contribution is -0.0747. The fourth-order valence-corrected chi connectivity index (χ4v) is 11.2. The molecule has 26 heavy (non-hydrogen) atoms. The third-order valence-corrected chi connectivity index (χ3v) is 12.2. The molecule has 10 unspecified atom stereocenters. The maximum Gasteiger partial charge on any atom is 0.0701 e. The Morgan fingerprint density at radius 1 is 0.615 bits per heavy atom. The summed E-state index contributed by atoms with van der Waals surface area (Å²) < 4.78 is 6.72. The molecule has 0 radical (unpaired) electrons. The molecule has 1 N–H and O–H groups in total. The molecule has 0 bridgehead atoms. The number of hydrogen-bond acceptors (Lipinski definition) is 4. The lowest BCUT2D eigenvalue weighted by Crippen LogP contribution is -2.64. The van der Waals surface area contributed by atoms with E-state index in [-0.39, 0.29) is 0 Å². The van der Waals surface area contributed by atoms with Gasteiger partial charge in [0, 0.05) is 33.1 Å². The van der Waals surface area contributed by atoms with Gasteiger partial charge < -0.3 is 10.1 Å². The van der Waals surface area contributed by atoms with Crippen LogP contribution in [0.1, 0.15) is 77.0 Å². The van der Waals surface area contributed by atoms with Gasteiger partial charge >= 0.3 is 0 Å². The minimum Gasteiger partial charge on any atom is -0.373 e. The highest BCUT2D eigenvalue weighted by atomic mass is 32.2. The number of ether oxygens (including phenoxy) is 1. The predicted molar refractivity (Wildman–Crippen MR) is 112 cm³/mol. The molecule has 6 rings (SSSR count). The third kappa shape index (κ3) is 2.92. The van der Waals surface area contributed by atoms with Crippen LogP contribution in [0.4, 0.5) is 0 Å². The van der Waals surface area contributed by atoms with Crippen LogP contribution in [0.15, 0.2) is 0 Å². The average Bonchev–Trinajstić information content (AvgIpc) is 2.70. The van der Waals surface area contributed by atoms with Gasteiger partial charge in [-0.15, -0.1) is 11.8 Å². The van der Waals surface area contributed by atoms with Crippen molar-refractivity contribution in [3.8, 4) is 0 Å². The fraction of sp³-hybridized carbons (Fsp3) is 1.00. The highest BCUT2D eigenvalue weighted by Gasteiger charge is 2.53. The lowest BCUT2D eigenvalue weighted by atomic mass is 9.66. The molecule has 0 spiro atoms. The minimum absolute atomic E-state index is 0.579. The monoisotopic (exact) mass is 393 g/mol. The number of thioether (sulfide) groups is 2. The van der Waals surface area contributed by atoms with Crippen LogP contribution in [0.5, 0.6) is 0 Å². The number of hydrogen-bond donors (Lipinski definition) is 1. The van der Waals surface area contributed by atoms with E-state index in [1.54, 1.807) is 0 Å². The molecule has 4 heteroatoms. The smallest absolute Gasteiger partial charge is 0.0701 e. The molecule has 2 heterocycles. The summed E-state index contributed by atoms with van der Waals surface area (Å²) in [5.74, 6) is 1.86. The average molecular weight is 394 g/mol. The van der Waals surface area contributed by atoms with Crippen LogP contribution in [0.2, 0.25) is 0 Å². The largest absolute Gasteiger partial charge is 0.373 e. The minimum atomic E-state index is 0.579.